The summed E-state index contributed by atoms with van der Waals surface area (Å²) in [6.07, 6.45) is 1.47. The number of carbonyl (C=O) groups excluding carboxylic acids is 1. The van der Waals surface area contributed by atoms with E-state index in [4.69, 9.17) is 10.5 Å². The normalized spacial score (nSPS) is 10.8. The van der Waals surface area contributed by atoms with E-state index in [1.807, 2.05) is 48.5 Å². The Labute approximate surface area is 176 Å². The average molecular weight is 451 g/mol. The fourth-order valence-electron chi connectivity index (χ4n) is 3.24. The summed E-state index contributed by atoms with van der Waals surface area (Å²) in [5.74, 6) is 0.275. The first-order valence-electron chi connectivity index (χ1n) is 9.15. The van der Waals surface area contributed by atoms with Gasteiger partial charge in [-0.3, -0.25) is 0 Å². The van der Waals surface area contributed by atoms with Crippen LogP contribution in [0.2, 0.25) is 0 Å². The topological polar surface area (TPSA) is 93.0 Å². The molecule has 1 amide bonds. The van der Waals surface area contributed by atoms with Gasteiger partial charge in [0.15, 0.2) is 5.75 Å². The second-order valence-electron chi connectivity index (χ2n) is 6.51. The molecule has 0 saturated carbocycles. The van der Waals surface area contributed by atoms with Crippen molar-refractivity contribution in [3.63, 3.8) is 0 Å². The van der Waals surface area contributed by atoms with Crippen LogP contribution in [0, 0.1) is 0 Å². The highest BCUT2D eigenvalue weighted by Crippen LogP contribution is 2.37. The van der Waals surface area contributed by atoms with E-state index in [9.17, 15) is 4.79 Å². The van der Waals surface area contributed by atoms with Crippen LogP contribution in [0.15, 0.2) is 65.3 Å². The monoisotopic (exact) mass is 450 g/mol. The number of aromatic amines is 1. The lowest BCUT2D eigenvalue weighted by Crippen LogP contribution is -2.17. The molecule has 2 aromatic carbocycles. The van der Waals surface area contributed by atoms with Gasteiger partial charge in [-0.25, -0.2) is 9.78 Å². The number of nitrogens with one attached hydrogen (secondary N) is 2. The van der Waals surface area contributed by atoms with E-state index in [1.165, 1.54) is 6.20 Å². The summed E-state index contributed by atoms with van der Waals surface area (Å²) in [4.78, 5) is 19.2. The Morgan fingerprint density at radius 2 is 1.97 bits per heavy atom. The van der Waals surface area contributed by atoms with Crippen molar-refractivity contribution in [3.8, 4) is 17.0 Å². The summed E-state index contributed by atoms with van der Waals surface area (Å²) < 4.78 is 6.23. The van der Waals surface area contributed by atoms with E-state index < -0.39 is 6.09 Å². The summed E-state index contributed by atoms with van der Waals surface area (Å²) in [6.45, 7) is 2.09. The van der Waals surface area contributed by atoms with Gasteiger partial charge in [0.1, 0.15) is 5.65 Å². The molecule has 0 fully saturated rings. The third-order valence-corrected chi connectivity index (χ3v) is 5.18. The van der Waals surface area contributed by atoms with Gasteiger partial charge in [-0.05, 0) is 41.8 Å². The summed E-state index contributed by atoms with van der Waals surface area (Å²) in [6, 6.07) is 18.0. The van der Waals surface area contributed by atoms with Crippen molar-refractivity contribution in [3.05, 3.63) is 70.8 Å². The number of pyridine rings is 1. The summed E-state index contributed by atoms with van der Waals surface area (Å²) >= 11 is 3.45. The van der Waals surface area contributed by atoms with Crippen LogP contribution in [0.5, 0.6) is 5.75 Å². The van der Waals surface area contributed by atoms with Gasteiger partial charge in [-0.1, -0.05) is 53.2 Å². The maximum absolute atomic E-state index is 11.4. The molecule has 0 unspecified atom stereocenters. The van der Waals surface area contributed by atoms with E-state index in [1.54, 1.807) is 0 Å². The Morgan fingerprint density at radius 3 is 2.69 bits per heavy atom. The van der Waals surface area contributed by atoms with Crippen molar-refractivity contribution in [2.75, 3.05) is 5.32 Å². The lowest BCUT2D eigenvalue weighted by Gasteiger charge is -2.14. The summed E-state index contributed by atoms with van der Waals surface area (Å²) in [5, 5.41) is 4.21. The van der Waals surface area contributed by atoms with Gasteiger partial charge in [0.25, 0.3) is 0 Å². The van der Waals surface area contributed by atoms with E-state index in [0.717, 1.165) is 38.8 Å². The maximum atomic E-state index is 11.4. The third kappa shape index (κ3) is 3.95. The predicted molar refractivity (Wildman–Crippen MR) is 119 cm³/mol. The minimum atomic E-state index is -0.887. The molecule has 146 valence electrons. The van der Waals surface area contributed by atoms with E-state index in [0.29, 0.717) is 11.3 Å². The van der Waals surface area contributed by atoms with E-state index >= 15 is 0 Å². The molecule has 0 spiro atoms. The number of para-hydroxylation sites is 1. The molecule has 2 aromatic heterocycles. The zero-order valence-corrected chi connectivity index (χ0v) is 17.3. The highest BCUT2D eigenvalue weighted by molar-refractivity contribution is 9.10. The average Bonchev–Trinajstić information content (AvgIpc) is 3.15. The first-order valence-corrected chi connectivity index (χ1v) is 9.94. The molecular weight excluding hydrogens is 432 g/mol. The number of hydrogen-bond donors (Lipinski definition) is 3. The van der Waals surface area contributed by atoms with Crippen molar-refractivity contribution in [1.29, 1.82) is 0 Å². The third-order valence-electron chi connectivity index (χ3n) is 4.65. The van der Waals surface area contributed by atoms with Crippen molar-refractivity contribution in [2.45, 2.75) is 13.3 Å². The fourth-order valence-corrected chi connectivity index (χ4v) is 3.51. The highest BCUT2D eigenvalue weighted by Gasteiger charge is 2.16. The molecular formula is C22H19BrN4O2. The number of halogens is 1. The van der Waals surface area contributed by atoms with Crippen LogP contribution in [0.1, 0.15) is 12.5 Å². The first-order chi connectivity index (χ1) is 14.0. The van der Waals surface area contributed by atoms with Crippen molar-refractivity contribution < 1.29 is 9.53 Å². The van der Waals surface area contributed by atoms with Gasteiger partial charge in [0.05, 0.1) is 11.9 Å². The molecule has 0 aliphatic rings. The van der Waals surface area contributed by atoms with Crippen molar-refractivity contribution in [2.24, 2.45) is 5.73 Å². The van der Waals surface area contributed by atoms with E-state index in [2.05, 4.69) is 44.2 Å². The second-order valence-corrected chi connectivity index (χ2v) is 7.42. The van der Waals surface area contributed by atoms with Gasteiger partial charge in [-0.15, -0.1) is 0 Å². The van der Waals surface area contributed by atoms with Gasteiger partial charge >= 0.3 is 6.09 Å². The largest absolute Gasteiger partial charge is 0.410 e. The number of carbonyl (C=O) groups is 1. The zero-order valence-electron chi connectivity index (χ0n) is 15.7. The Bertz CT molecular complexity index is 1190. The molecule has 0 atom stereocenters. The minimum absolute atomic E-state index is 0.275. The van der Waals surface area contributed by atoms with Gasteiger partial charge in [0, 0.05) is 21.2 Å². The van der Waals surface area contributed by atoms with Gasteiger partial charge < -0.3 is 20.8 Å². The first kappa shape index (κ1) is 19.0. The van der Waals surface area contributed by atoms with Crippen LogP contribution in [-0.2, 0) is 6.42 Å². The summed E-state index contributed by atoms with van der Waals surface area (Å²) in [5.41, 5.74) is 10.6. The molecule has 0 saturated heterocycles. The molecule has 7 heteroatoms. The number of anilines is 2. The number of aryl methyl sites for hydroxylation is 1. The Balaban J connectivity index is 1.86. The van der Waals surface area contributed by atoms with Crippen LogP contribution in [-0.4, -0.2) is 16.1 Å². The Kier molecular flexibility index (Phi) is 5.22. The minimum Gasteiger partial charge on any atom is -0.407 e. The second kappa shape index (κ2) is 7.97. The number of fused-ring (bicyclic) bond motifs is 1. The molecule has 6 nitrogen and oxygen atoms in total. The molecule has 4 N–H and O–H groups in total. The Hall–Kier alpha value is -3.32. The maximum Gasteiger partial charge on any atom is 0.410 e. The van der Waals surface area contributed by atoms with Crippen molar-refractivity contribution in [1.82, 2.24) is 9.97 Å². The summed E-state index contributed by atoms with van der Waals surface area (Å²) in [7, 11) is 0. The van der Waals surface area contributed by atoms with Crippen LogP contribution in [0.3, 0.4) is 0 Å². The van der Waals surface area contributed by atoms with E-state index in [-0.39, 0.29) is 5.75 Å². The SMILES string of the molecule is CCc1ccccc1Nc1c(OC(N)=O)cnc2[nH]c(-c3ccc(Br)cc3)cc12. The van der Waals surface area contributed by atoms with Crippen LogP contribution < -0.4 is 15.8 Å². The predicted octanol–water partition coefficient (Wildman–Crippen LogP) is 5.76. The number of rotatable bonds is 5. The molecule has 0 aliphatic carbocycles. The number of aromatic nitrogens is 2. The quantitative estimate of drug-likeness (QED) is 0.360. The number of ether oxygens (including phenoxy) is 1. The van der Waals surface area contributed by atoms with Crippen LogP contribution in [0.4, 0.5) is 16.2 Å². The number of H-pyrrole nitrogens is 1. The number of nitrogens with zero attached hydrogens (tertiary/aromatic N) is 1. The number of amides is 1. The number of nitrogens with two attached hydrogens (primary N) is 1. The fraction of sp³-hybridized carbons (Fsp3) is 0.0909. The lowest BCUT2D eigenvalue weighted by atomic mass is 10.1. The van der Waals surface area contributed by atoms with Gasteiger partial charge in [-0.2, -0.15) is 0 Å². The standard InChI is InChI=1S/C22H19BrN4O2/c1-2-13-5-3-4-6-17(13)26-20-16-11-18(14-7-9-15(23)10-8-14)27-21(16)25-12-19(20)29-22(24)28/h3-12H,2H2,1H3,(H2,24,28)(H2,25,26,27). The molecule has 0 radical (unpaired) electrons. The smallest absolute Gasteiger partial charge is 0.407 e. The molecule has 4 rings (SSSR count). The Morgan fingerprint density at radius 1 is 1.21 bits per heavy atom. The number of hydrogen-bond acceptors (Lipinski definition) is 4. The molecule has 0 bridgehead atoms. The van der Waals surface area contributed by atoms with Crippen LogP contribution >= 0.6 is 15.9 Å². The van der Waals surface area contributed by atoms with Crippen molar-refractivity contribution >= 4 is 44.4 Å². The lowest BCUT2D eigenvalue weighted by molar-refractivity contribution is 0.211. The molecule has 0 aliphatic heterocycles. The zero-order chi connectivity index (χ0) is 20.4. The number of primary amides is 1. The van der Waals surface area contributed by atoms with Gasteiger partial charge in [0.2, 0.25) is 0 Å². The molecule has 2 heterocycles. The molecule has 4 aromatic rings. The molecule has 29 heavy (non-hydrogen) atoms. The number of benzene rings is 2. The highest BCUT2D eigenvalue weighted by atomic mass is 79.9. The van der Waals surface area contributed by atoms with Crippen LogP contribution in [0.25, 0.3) is 22.3 Å².